The van der Waals surface area contributed by atoms with Crippen LogP contribution in [0.25, 0.3) is 11.0 Å². The highest BCUT2D eigenvalue weighted by molar-refractivity contribution is 6.31. The van der Waals surface area contributed by atoms with E-state index >= 15 is 0 Å². The van der Waals surface area contributed by atoms with Gasteiger partial charge in [-0.05, 0) is 23.8 Å². The molecule has 136 valence electrons. The molecule has 0 saturated carbocycles. The average molecular weight is 384 g/mol. The summed E-state index contributed by atoms with van der Waals surface area (Å²) >= 11 is 6.37. The summed E-state index contributed by atoms with van der Waals surface area (Å²) in [4.78, 5) is 25.3. The molecule has 0 fully saturated rings. The summed E-state index contributed by atoms with van der Waals surface area (Å²) in [5.41, 5.74) is 6.46. The van der Waals surface area contributed by atoms with Crippen LogP contribution in [-0.2, 0) is 9.53 Å². The van der Waals surface area contributed by atoms with Crippen LogP contribution in [0.3, 0.4) is 0 Å². The topological polar surface area (TPSA) is 91.8 Å². The van der Waals surface area contributed by atoms with Gasteiger partial charge in [0.05, 0.1) is 24.0 Å². The van der Waals surface area contributed by atoms with E-state index in [1.54, 1.807) is 48.5 Å². The van der Waals surface area contributed by atoms with Crippen LogP contribution in [0.15, 0.2) is 69.2 Å². The molecule has 1 aromatic heterocycles. The summed E-state index contributed by atoms with van der Waals surface area (Å²) in [6.07, 6.45) is 0. The molecule has 3 aromatic rings. The second kappa shape index (κ2) is 6.48. The van der Waals surface area contributed by atoms with Crippen molar-refractivity contribution in [3.8, 4) is 5.75 Å². The Morgan fingerprint density at radius 3 is 2.59 bits per heavy atom. The lowest BCUT2D eigenvalue weighted by Crippen LogP contribution is -2.30. The number of esters is 1. The van der Waals surface area contributed by atoms with E-state index < -0.39 is 17.5 Å². The number of methoxy groups -OCH3 is 1. The van der Waals surface area contributed by atoms with E-state index in [-0.39, 0.29) is 22.8 Å². The van der Waals surface area contributed by atoms with Crippen LogP contribution in [0.1, 0.15) is 17.0 Å². The summed E-state index contributed by atoms with van der Waals surface area (Å²) in [6, 6.07) is 13.8. The number of fused-ring (bicyclic) bond motifs is 3. The highest BCUT2D eigenvalue weighted by atomic mass is 35.5. The minimum atomic E-state index is -0.879. The third kappa shape index (κ3) is 2.65. The highest BCUT2D eigenvalue weighted by Gasteiger charge is 2.39. The molecule has 0 bridgehead atoms. The third-order valence-corrected chi connectivity index (χ3v) is 4.82. The van der Waals surface area contributed by atoms with Crippen molar-refractivity contribution in [3.05, 3.63) is 86.6 Å². The Kier molecular flexibility index (Phi) is 4.12. The van der Waals surface area contributed by atoms with E-state index in [4.69, 9.17) is 31.2 Å². The van der Waals surface area contributed by atoms with Crippen LogP contribution in [-0.4, -0.2) is 13.1 Å². The number of nitrogens with two attached hydrogens (primary N) is 1. The van der Waals surface area contributed by atoms with E-state index in [9.17, 15) is 9.59 Å². The number of rotatable bonds is 2. The molecule has 27 heavy (non-hydrogen) atoms. The molecule has 2 heterocycles. The largest absolute Gasteiger partial charge is 0.465 e. The Hall–Kier alpha value is -3.25. The fourth-order valence-electron chi connectivity index (χ4n) is 3.29. The Labute approximate surface area is 158 Å². The predicted molar refractivity (Wildman–Crippen MR) is 99.6 cm³/mol. The molecule has 2 N–H and O–H groups in total. The van der Waals surface area contributed by atoms with Crippen LogP contribution in [0.5, 0.6) is 5.75 Å². The number of halogens is 1. The number of hydrogen-bond acceptors (Lipinski definition) is 6. The Morgan fingerprint density at radius 2 is 1.85 bits per heavy atom. The van der Waals surface area contributed by atoms with Crippen molar-refractivity contribution >= 4 is 28.5 Å². The van der Waals surface area contributed by atoms with Gasteiger partial charge in [-0.2, -0.15) is 0 Å². The van der Waals surface area contributed by atoms with Crippen molar-refractivity contribution in [1.29, 1.82) is 0 Å². The van der Waals surface area contributed by atoms with Crippen molar-refractivity contribution < 1.29 is 18.7 Å². The van der Waals surface area contributed by atoms with Gasteiger partial charge in [0.25, 0.3) is 0 Å². The molecule has 0 unspecified atom stereocenters. The maximum Gasteiger partial charge on any atom is 0.344 e. The first-order chi connectivity index (χ1) is 13.0. The van der Waals surface area contributed by atoms with Gasteiger partial charge in [-0.1, -0.05) is 41.9 Å². The summed E-state index contributed by atoms with van der Waals surface area (Å²) < 4.78 is 16.0. The molecule has 4 rings (SSSR count). The first-order valence-electron chi connectivity index (χ1n) is 8.09. The quantitative estimate of drug-likeness (QED) is 0.539. The number of para-hydroxylation sites is 1. The van der Waals surface area contributed by atoms with Gasteiger partial charge in [0.2, 0.25) is 5.88 Å². The van der Waals surface area contributed by atoms with Crippen LogP contribution < -0.4 is 16.1 Å². The maximum atomic E-state index is 12.8. The van der Waals surface area contributed by atoms with Crippen LogP contribution in [0.4, 0.5) is 0 Å². The van der Waals surface area contributed by atoms with Crippen LogP contribution in [0.2, 0.25) is 5.02 Å². The normalized spacial score (nSPS) is 16.0. The van der Waals surface area contributed by atoms with E-state index in [2.05, 4.69) is 0 Å². The molecule has 6 nitrogen and oxygen atoms in total. The zero-order chi connectivity index (χ0) is 19.1. The second-order valence-corrected chi connectivity index (χ2v) is 6.36. The number of ether oxygens (including phenoxy) is 2. The zero-order valence-corrected chi connectivity index (χ0v) is 14.9. The molecular weight excluding hydrogens is 370 g/mol. The highest BCUT2D eigenvalue weighted by Crippen LogP contribution is 2.45. The van der Waals surface area contributed by atoms with Crippen molar-refractivity contribution in [2.24, 2.45) is 5.73 Å². The molecule has 1 atom stereocenters. The molecule has 0 amide bonds. The molecule has 0 aliphatic carbocycles. The van der Waals surface area contributed by atoms with Gasteiger partial charge in [0.15, 0.2) is 5.75 Å². The Balaban J connectivity index is 2.11. The van der Waals surface area contributed by atoms with Gasteiger partial charge in [-0.3, -0.25) is 0 Å². The third-order valence-electron chi connectivity index (χ3n) is 4.48. The van der Waals surface area contributed by atoms with E-state index in [1.165, 1.54) is 7.11 Å². The molecule has 0 radical (unpaired) electrons. The van der Waals surface area contributed by atoms with Crippen molar-refractivity contribution in [3.63, 3.8) is 0 Å². The molecule has 1 aliphatic heterocycles. The van der Waals surface area contributed by atoms with Gasteiger partial charge in [-0.25, -0.2) is 9.59 Å². The zero-order valence-electron chi connectivity index (χ0n) is 14.2. The van der Waals surface area contributed by atoms with Crippen LogP contribution >= 0.6 is 11.6 Å². The standard InChI is InChI=1S/C20H14ClNO5/c1-25-19(23)16-14(10-6-2-4-8-12(10)21)15-17(27-18(16)22)11-7-3-5-9-13(11)26-20(15)24/h2-9,14H,22H2,1H3/t14-/m1/s1. The van der Waals surface area contributed by atoms with E-state index in [1.807, 2.05) is 0 Å². The Morgan fingerprint density at radius 1 is 1.15 bits per heavy atom. The van der Waals surface area contributed by atoms with Gasteiger partial charge < -0.3 is 19.6 Å². The number of carbonyl (C=O) groups is 1. The number of carbonyl (C=O) groups excluding carboxylic acids is 1. The molecule has 0 spiro atoms. The second-order valence-electron chi connectivity index (χ2n) is 5.95. The first-order valence-corrected chi connectivity index (χ1v) is 8.46. The monoisotopic (exact) mass is 383 g/mol. The van der Waals surface area contributed by atoms with Gasteiger partial charge in [-0.15, -0.1) is 0 Å². The summed E-state index contributed by atoms with van der Waals surface area (Å²) in [7, 11) is 1.23. The van der Waals surface area contributed by atoms with Gasteiger partial charge in [0.1, 0.15) is 11.2 Å². The number of hydrogen-bond donors (Lipinski definition) is 1. The van der Waals surface area contributed by atoms with Crippen molar-refractivity contribution in [2.75, 3.05) is 7.11 Å². The molecule has 2 aromatic carbocycles. The van der Waals surface area contributed by atoms with E-state index in [0.717, 1.165) is 0 Å². The first kappa shape index (κ1) is 17.2. The maximum absolute atomic E-state index is 12.8. The molecular formula is C20H14ClNO5. The lowest BCUT2D eigenvalue weighted by Gasteiger charge is -2.28. The lowest BCUT2D eigenvalue weighted by atomic mass is 9.83. The fourth-order valence-corrected chi connectivity index (χ4v) is 3.54. The Bertz CT molecular complexity index is 1160. The minimum Gasteiger partial charge on any atom is -0.465 e. The van der Waals surface area contributed by atoms with Gasteiger partial charge in [0, 0.05) is 5.02 Å². The lowest BCUT2D eigenvalue weighted by molar-refractivity contribution is -0.136. The van der Waals surface area contributed by atoms with Crippen molar-refractivity contribution in [1.82, 2.24) is 0 Å². The predicted octanol–water partition coefficient (Wildman–Crippen LogP) is 3.31. The SMILES string of the molecule is COC(=O)C1=C(N)Oc2c(c(=O)oc3ccccc23)[C@H]1c1ccccc1Cl. The molecule has 7 heteroatoms. The average Bonchev–Trinajstić information content (AvgIpc) is 2.67. The molecule has 1 aliphatic rings. The van der Waals surface area contributed by atoms with Gasteiger partial charge >= 0.3 is 11.6 Å². The summed E-state index contributed by atoms with van der Waals surface area (Å²) in [6.45, 7) is 0. The van der Waals surface area contributed by atoms with E-state index in [0.29, 0.717) is 21.6 Å². The summed E-state index contributed by atoms with van der Waals surface area (Å²) in [5, 5.41) is 0.938. The minimum absolute atomic E-state index is 0.000631. The van der Waals surface area contributed by atoms with Crippen molar-refractivity contribution in [2.45, 2.75) is 5.92 Å². The van der Waals surface area contributed by atoms with Crippen LogP contribution in [0, 0.1) is 0 Å². The summed E-state index contributed by atoms with van der Waals surface area (Å²) in [5.74, 6) is -1.49. The fraction of sp³-hybridized carbons (Fsp3) is 0.100. The smallest absolute Gasteiger partial charge is 0.344 e. The molecule has 0 saturated heterocycles. The number of benzene rings is 2.